The summed E-state index contributed by atoms with van der Waals surface area (Å²) in [5, 5.41) is 0. The highest BCUT2D eigenvalue weighted by Gasteiger charge is 2.27. The van der Waals surface area contributed by atoms with E-state index in [-0.39, 0.29) is 12.7 Å². The van der Waals surface area contributed by atoms with E-state index in [1.807, 2.05) is 51.1 Å². The molecule has 0 saturated carbocycles. The number of fused-ring (bicyclic) bond motifs is 1. The molecule has 0 amide bonds. The maximum atomic E-state index is 12.5. The van der Waals surface area contributed by atoms with Crippen molar-refractivity contribution in [2.45, 2.75) is 33.8 Å². The Hall–Kier alpha value is -2.89. The van der Waals surface area contributed by atoms with Gasteiger partial charge in [0, 0.05) is 12.6 Å². The van der Waals surface area contributed by atoms with E-state index in [1.165, 1.54) is 0 Å². The maximum absolute atomic E-state index is 12.5. The van der Waals surface area contributed by atoms with E-state index in [0.29, 0.717) is 22.6 Å². The Labute approximate surface area is 152 Å². The summed E-state index contributed by atoms with van der Waals surface area (Å²) in [4.78, 5) is 22.0. The first-order valence-electron chi connectivity index (χ1n) is 8.70. The molecule has 0 radical (unpaired) electrons. The molecule has 6 heteroatoms. The molecule has 0 bridgehead atoms. The van der Waals surface area contributed by atoms with Crippen LogP contribution in [-0.4, -0.2) is 33.2 Å². The third-order valence-electron chi connectivity index (χ3n) is 4.00. The highest BCUT2D eigenvalue weighted by Crippen LogP contribution is 2.34. The third-order valence-corrected chi connectivity index (χ3v) is 4.00. The molecule has 0 atom stereocenters. The van der Waals surface area contributed by atoms with E-state index >= 15 is 0 Å². The Morgan fingerprint density at radius 2 is 1.88 bits per heavy atom. The second-order valence-electron chi connectivity index (χ2n) is 6.32. The number of aromatic nitrogens is 3. The predicted octanol–water partition coefficient (Wildman–Crippen LogP) is 3.91. The van der Waals surface area contributed by atoms with Crippen molar-refractivity contribution < 1.29 is 14.3 Å². The van der Waals surface area contributed by atoms with Gasteiger partial charge in [-0.1, -0.05) is 30.3 Å². The van der Waals surface area contributed by atoms with Crippen LogP contribution in [0.2, 0.25) is 0 Å². The quantitative estimate of drug-likeness (QED) is 0.651. The topological polar surface area (TPSA) is 66.2 Å². The number of nitrogens with zero attached hydrogens (tertiary/aromatic N) is 3. The van der Waals surface area contributed by atoms with Gasteiger partial charge in [-0.3, -0.25) is 0 Å². The molecule has 0 spiro atoms. The van der Waals surface area contributed by atoms with Crippen molar-refractivity contribution in [3.05, 3.63) is 41.7 Å². The summed E-state index contributed by atoms with van der Waals surface area (Å²) in [6.45, 7) is 7.80. The Morgan fingerprint density at radius 3 is 2.50 bits per heavy atom. The molecule has 3 rings (SSSR count). The molecule has 1 aromatic carbocycles. The number of hydrogen-bond donors (Lipinski definition) is 0. The Bertz CT molecular complexity index is 946. The molecule has 6 nitrogen and oxygen atoms in total. The van der Waals surface area contributed by atoms with Gasteiger partial charge in [0.2, 0.25) is 0 Å². The van der Waals surface area contributed by atoms with Crippen LogP contribution in [0.4, 0.5) is 0 Å². The first-order valence-corrected chi connectivity index (χ1v) is 8.70. The zero-order valence-electron chi connectivity index (χ0n) is 15.7. The predicted molar refractivity (Wildman–Crippen MR) is 100 cm³/mol. The monoisotopic (exact) mass is 353 g/mol. The number of esters is 1. The zero-order chi connectivity index (χ0) is 18.8. The highest BCUT2D eigenvalue weighted by molar-refractivity contribution is 5.99. The summed E-state index contributed by atoms with van der Waals surface area (Å²) in [5.74, 6) is -0.0232. The zero-order valence-corrected chi connectivity index (χ0v) is 15.7. The third kappa shape index (κ3) is 3.14. The molecule has 0 N–H and O–H groups in total. The van der Waals surface area contributed by atoms with Gasteiger partial charge < -0.3 is 14.0 Å². The molecule has 0 unspecified atom stereocenters. The fraction of sp³-hybridized carbons (Fsp3) is 0.350. The standard InChI is InChI=1S/C20H23N3O3/c1-6-25-20(24)17-18(26-12(2)3)16-19(23(17)5)21-13(4)15(22-16)14-10-8-7-9-11-14/h7-12H,6H2,1-5H3. The molecule has 0 aliphatic heterocycles. The SMILES string of the molecule is CCOC(=O)c1c(OC(C)C)c2nc(-c3ccccc3)c(C)nc2n1C. The van der Waals surface area contributed by atoms with Crippen LogP contribution >= 0.6 is 0 Å². The van der Waals surface area contributed by atoms with Gasteiger partial charge in [0.05, 0.1) is 24.1 Å². The molecule has 0 saturated heterocycles. The molecule has 0 aliphatic rings. The van der Waals surface area contributed by atoms with Gasteiger partial charge in [0.25, 0.3) is 0 Å². The van der Waals surface area contributed by atoms with E-state index in [2.05, 4.69) is 0 Å². The van der Waals surface area contributed by atoms with E-state index in [0.717, 1.165) is 17.0 Å². The van der Waals surface area contributed by atoms with Gasteiger partial charge in [-0.05, 0) is 27.7 Å². The number of ether oxygens (including phenoxy) is 2. The van der Waals surface area contributed by atoms with Crippen molar-refractivity contribution in [3.63, 3.8) is 0 Å². The number of benzene rings is 1. The second kappa shape index (κ2) is 7.15. The minimum atomic E-state index is -0.440. The molecule has 136 valence electrons. The first-order chi connectivity index (χ1) is 12.4. The smallest absolute Gasteiger partial charge is 0.358 e. The van der Waals surface area contributed by atoms with Crippen molar-refractivity contribution in [2.75, 3.05) is 6.61 Å². The van der Waals surface area contributed by atoms with E-state index in [1.54, 1.807) is 18.5 Å². The molecule has 2 heterocycles. The number of rotatable bonds is 5. The summed E-state index contributed by atoms with van der Waals surface area (Å²) in [5.41, 5.74) is 4.02. The number of hydrogen-bond acceptors (Lipinski definition) is 5. The van der Waals surface area contributed by atoms with Crippen LogP contribution in [0.5, 0.6) is 5.75 Å². The van der Waals surface area contributed by atoms with Gasteiger partial charge >= 0.3 is 5.97 Å². The summed E-state index contributed by atoms with van der Waals surface area (Å²) in [7, 11) is 1.78. The Kier molecular flexibility index (Phi) is 4.93. The summed E-state index contributed by atoms with van der Waals surface area (Å²) >= 11 is 0. The fourth-order valence-corrected chi connectivity index (χ4v) is 2.91. The van der Waals surface area contributed by atoms with Crippen LogP contribution in [0.15, 0.2) is 30.3 Å². The van der Waals surface area contributed by atoms with E-state index < -0.39 is 5.97 Å². The van der Waals surface area contributed by atoms with Crippen molar-refractivity contribution in [3.8, 4) is 17.0 Å². The van der Waals surface area contributed by atoms with Crippen LogP contribution in [0.3, 0.4) is 0 Å². The van der Waals surface area contributed by atoms with Crippen LogP contribution < -0.4 is 4.74 Å². The molecular formula is C20H23N3O3. The molecule has 0 fully saturated rings. The Balaban J connectivity index is 2.29. The van der Waals surface area contributed by atoms with E-state index in [9.17, 15) is 4.79 Å². The lowest BCUT2D eigenvalue weighted by atomic mass is 10.1. The number of carbonyl (C=O) groups is 1. The minimum Gasteiger partial charge on any atom is -0.486 e. The van der Waals surface area contributed by atoms with Crippen molar-refractivity contribution in [2.24, 2.45) is 7.05 Å². The highest BCUT2D eigenvalue weighted by atomic mass is 16.5. The lowest BCUT2D eigenvalue weighted by Gasteiger charge is -2.11. The molecule has 2 aromatic heterocycles. The van der Waals surface area contributed by atoms with Crippen molar-refractivity contribution in [1.82, 2.24) is 14.5 Å². The first kappa shape index (κ1) is 17.9. The minimum absolute atomic E-state index is 0.114. The Morgan fingerprint density at radius 1 is 1.19 bits per heavy atom. The molecule has 3 aromatic rings. The molecule has 26 heavy (non-hydrogen) atoms. The van der Waals surface area contributed by atoms with Gasteiger partial charge in [-0.25, -0.2) is 14.8 Å². The van der Waals surface area contributed by atoms with Crippen LogP contribution in [-0.2, 0) is 11.8 Å². The normalized spacial score (nSPS) is 11.2. The summed E-state index contributed by atoms with van der Waals surface area (Å²) < 4.78 is 12.9. The van der Waals surface area contributed by atoms with Crippen molar-refractivity contribution >= 4 is 17.1 Å². The molecule has 0 aliphatic carbocycles. The largest absolute Gasteiger partial charge is 0.486 e. The maximum Gasteiger partial charge on any atom is 0.358 e. The number of carbonyl (C=O) groups excluding carboxylic acids is 1. The van der Waals surface area contributed by atoms with E-state index in [4.69, 9.17) is 19.4 Å². The average Bonchev–Trinajstić information content (AvgIpc) is 2.86. The van der Waals surface area contributed by atoms with Gasteiger partial charge in [-0.15, -0.1) is 0 Å². The van der Waals surface area contributed by atoms with Gasteiger partial charge in [0.1, 0.15) is 0 Å². The lowest BCUT2D eigenvalue weighted by Crippen LogP contribution is -2.14. The molecular weight excluding hydrogens is 330 g/mol. The fourth-order valence-electron chi connectivity index (χ4n) is 2.91. The average molecular weight is 353 g/mol. The van der Waals surface area contributed by atoms with Gasteiger partial charge in [0.15, 0.2) is 22.6 Å². The van der Waals surface area contributed by atoms with Gasteiger partial charge in [-0.2, -0.15) is 0 Å². The number of aryl methyl sites for hydroxylation is 2. The second-order valence-corrected chi connectivity index (χ2v) is 6.32. The van der Waals surface area contributed by atoms with Crippen LogP contribution in [0, 0.1) is 6.92 Å². The van der Waals surface area contributed by atoms with Crippen molar-refractivity contribution in [1.29, 1.82) is 0 Å². The summed E-state index contributed by atoms with van der Waals surface area (Å²) in [6, 6.07) is 9.85. The lowest BCUT2D eigenvalue weighted by molar-refractivity contribution is 0.0509. The summed E-state index contributed by atoms with van der Waals surface area (Å²) in [6.07, 6.45) is -0.114. The van der Waals surface area contributed by atoms with Crippen LogP contribution in [0.1, 0.15) is 37.0 Å². The van der Waals surface area contributed by atoms with Crippen LogP contribution in [0.25, 0.3) is 22.4 Å².